The second-order valence-electron chi connectivity index (χ2n) is 8.22. The van der Waals surface area contributed by atoms with E-state index in [-0.39, 0.29) is 24.9 Å². The Morgan fingerprint density at radius 1 is 1.16 bits per heavy atom. The van der Waals surface area contributed by atoms with Crippen LogP contribution in [-0.2, 0) is 14.3 Å². The molecule has 1 saturated carbocycles. The molecule has 1 saturated heterocycles. The summed E-state index contributed by atoms with van der Waals surface area (Å²) in [7, 11) is 0. The molecular formula is C24H31ClO7. The fourth-order valence-corrected chi connectivity index (χ4v) is 4.25. The van der Waals surface area contributed by atoms with E-state index in [9.17, 15) is 15.0 Å². The van der Waals surface area contributed by atoms with E-state index < -0.39 is 24.0 Å². The van der Waals surface area contributed by atoms with Crippen LogP contribution >= 0.6 is 11.6 Å². The number of ether oxygens (including phenoxy) is 3. The van der Waals surface area contributed by atoms with Gasteiger partial charge in [0.2, 0.25) is 5.79 Å². The van der Waals surface area contributed by atoms with Crippen LogP contribution in [0, 0.1) is 11.8 Å². The number of carboxylic acid groups (broad SMARTS) is 1. The molecule has 3 rings (SSSR count). The topological polar surface area (TPSA) is 105 Å². The van der Waals surface area contributed by atoms with E-state index in [1.54, 1.807) is 30.3 Å². The van der Waals surface area contributed by atoms with Gasteiger partial charge in [-0.05, 0) is 55.5 Å². The predicted molar refractivity (Wildman–Crippen MR) is 120 cm³/mol. The van der Waals surface area contributed by atoms with Crippen LogP contribution < -0.4 is 4.74 Å². The summed E-state index contributed by atoms with van der Waals surface area (Å²) in [5.74, 6) is -1.61. The lowest BCUT2D eigenvalue weighted by Gasteiger charge is -2.26. The summed E-state index contributed by atoms with van der Waals surface area (Å²) in [6.07, 6.45) is 8.55. The third-order valence-corrected chi connectivity index (χ3v) is 6.11. The second kappa shape index (κ2) is 11.8. The Hall–Kier alpha value is -1.90. The standard InChI is InChI=1S/C24H31ClO7/c25-17-7-9-18(10-8-17)30-16-24(31-13-14-32-24)12-11-20-19(21(26)15-22(20)27)5-3-1-2-4-6-23(28)29/h1,3,7-12,19-22,26-27H,2,4-6,13-16H2,(H,28,29)/b3-1-,12-11+/t19-,20-,21+,22-/m1/s1. The van der Waals surface area contributed by atoms with Crippen LogP contribution in [-0.4, -0.2) is 59.1 Å². The first kappa shape index (κ1) is 24.7. The van der Waals surface area contributed by atoms with Crippen LogP contribution in [0.3, 0.4) is 0 Å². The number of carbonyl (C=O) groups is 1. The summed E-state index contributed by atoms with van der Waals surface area (Å²) in [5, 5.41) is 30.2. The van der Waals surface area contributed by atoms with Crippen molar-refractivity contribution in [1.29, 1.82) is 0 Å². The van der Waals surface area contributed by atoms with E-state index in [2.05, 4.69) is 0 Å². The number of rotatable bonds is 11. The van der Waals surface area contributed by atoms with Crippen LogP contribution in [0.2, 0.25) is 5.02 Å². The van der Waals surface area contributed by atoms with Crippen LogP contribution in [0.4, 0.5) is 0 Å². The number of carboxylic acids is 1. The van der Waals surface area contributed by atoms with Gasteiger partial charge >= 0.3 is 5.97 Å². The van der Waals surface area contributed by atoms with Gasteiger partial charge in [-0.15, -0.1) is 0 Å². The molecule has 0 radical (unpaired) electrons. The Kier molecular flexibility index (Phi) is 9.13. The average molecular weight is 467 g/mol. The first-order valence-corrected chi connectivity index (χ1v) is 11.3. The minimum atomic E-state index is -1.05. The molecule has 2 aliphatic rings. The zero-order valence-electron chi connectivity index (χ0n) is 17.9. The minimum absolute atomic E-state index is 0.140. The van der Waals surface area contributed by atoms with Crippen molar-refractivity contribution < 1.29 is 34.3 Å². The monoisotopic (exact) mass is 466 g/mol. The first-order valence-electron chi connectivity index (χ1n) is 11.0. The molecule has 0 amide bonds. The molecule has 32 heavy (non-hydrogen) atoms. The van der Waals surface area contributed by atoms with Crippen LogP contribution in [0.15, 0.2) is 48.6 Å². The fraction of sp³-hybridized carbons (Fsp3) is 0.542. The molecule has 1 aliphatic carbocycles. The van der Waals surface area contributed by atoms with Crippen LogP contribution in [0.5, 0.6) is 5.75 Å². The molecule has 7 nitrogen and oxygen atoms in total. The molecule has 4 atom stereocenters. The molecule has 2 fully saturated rings. The normalized spacial score (nSPS) is 27.5. The predicted octanol–water partition coefficient (Wildman–Crippen LogP) is 3.58. The highest BCUT2D eigenvalue weighted by Crippen LogP contribution is 2.37. The fourth-order valence-electron chi connectivity index (χ4n) is 4.12. The van der Waals surface area contributed by atoms with E-state index in [1.807, 2.05) is 18.2 Å². The molecule has 8 heteroatoms. The molecule has 1 aromatic carbocycles. The third-order valence-electron chi connectivity index (χ3n) is 5.85. The van der Waals surface area contributed by atoms with Gasteiger partial charge in [-0.1, -0.05) is 29.8 Å². The maximum Gasteiger partial charge on any atom is 0.303 e. The van der Waals surface area contributed by atoms with Gasteiger partial charge < -0.3 is 29.5 Å². The van der Waals surface area contributed by atoms with Crippen molar-refractivity contribution in [2.75, 3.05) is 19.8 Å². The number of benzene rings is 1. The molecule has 0 spiro atoms. The van der Waals surface area contributed by atoms with Crippen molar-refractivity contribution in [1.82, 2.24) is 0 Å². The van der Waals surface area contributed by atoms with E-state index in [1.165, 1.54) is 0 Å². The number of unbranched alkanes of at least 4 members (excludes halogenated alkanes) is 1. The second-order valence-corrected chi connectivity index (χ2v) is 8.65. The molecule has 3 N–H and O–H groups in total. The molecule has 1 aliphatic heterocycles. The Morgan fingerprint density at radius 3 is 2.56 bits per heavy atom. The highest BCUT2D eigenvalue weighted by molar-refractivity contribution is 6.30. The Bertz CT molecular complexity index is 786. The molecule has 0 aromatic heterocycles. The van der Waals surface area contributed by atoms with E-state index in [0.29, 0.717) is 49.7 Å². The van der Waals surface area contributed by atoms with Gasteiger partial charge in [0.1, 0.15) is 12.4 Å². The van der Waals surface area contributed by atoms with Crippen molar-refractivity contribution in [2.45, 2.75) is 50.1 Å². The van der Waals surface area contributed by atoms with Gasteiger partial charge in [0.05, 0.1) is 25.4 Å². The smallest absolute Gasteiger partial charge is 0.303 e. The first-order chi connectivity index (χ1) is 15.4. The SMILES string of the molecule is O=C(O)CCC/C=C\C[C@@H]1[C@@H](/C=C/C2(COc3ccc(Cl)cc3)OCCO2)[C@H](O)C[C@@H]1O. The van der Waals surface area contributed by atoms with Gasteiger partial charge in [-0.2, -0.15) is 0 Å². The van der Waals surface area contributed by atoms with E-state index in [0.717, 1.165) is 0 Å². The summed E-state index contributed by atoms with van der Waals surface area (Å²) in [6.45, 7) is 1.02. The quantitative estimate of drug-likeness (QED) is 0.338. The van der Waals surface area contributed by atoms with E-state index in [4.69, 9.17) is 30.9 Å². The van der Waals surface area contributed by atoms with E-state index >= 15 is 0 Å². The highest BCUT2D eigenvalue weighted by atomic mass is 35.5. The zero-order chi connectivity index (χ0) is 23.0. The van der Waals surface area contributed by atoms with Crippen molar-refractivity contribution in [3.8, 4) is 5.75 Å². The number of aliphatic hydroxyl groups excluding tert-OH is 2. The Labute approximate surface area is 193 Å². The largest absolute Gasteiger partial charge is 0.488 e. The van der Waals surface area contributed by atoms with Gasteiger partial charge in [0, 0.05) is 23.8 Å². The minimum Gasteiger partial charge on any atom is -0.488 e. The molecule has 0 unspecified atom stereocenters. The number of aliphatic hydroxyl groups is 2. The van der Waals surface area contributed by atoms with Gasteiger partial charge in [-0.25, -0.2) is 0 Å². The van der Waals surface area contributed by atoms with Crippen molar-refractivity contribution in [3.05, 3.63) is 53.6 Å². The number of aliphatic carboxylic acids is 1. The molecule has 1 heterocycles. The molecule has 176 valence electrons. The maximum absolute atomic E-state index is 10.6. The Balaban J connectivity index is 1.60. The summed E-state index contributed by atoms with van der Waals surface area (Å²) in [6, 6.07) is 7.02. The maximum atomic E-state index is 10.6. The summed E-state index contributed by atoms with van der Waals surface area (Å²) in [5.41, 5.74) is 0. The van der Waals surface area contributed by atoms with Crippen LogP contribution in [0.1, 0.15) is 32.1 Å². The van der Waals surface area contributed by atoms with Crippen molar-refractivity contribution >= 4 is 17.6 Å². The summed E-state index contributed by atoms with van der Waals surface area (Å²) in [4.78, 5) is 10.6. The number of halogens is 1. The number of hydrogen-bond donors (Lipinski definition) is 3. The lowest BCUT2D eigenvalue weighted by molar-refractivity contribution is -0.139. The lowest BCUT2D eigenvalue weighted by atomic mass is 9.89. The zero-order valence-corrected chi connectivity index (χ0v) is 18.7. The average Bonchev–Trinajstić information content (AvgIpc) is 3.33. The highest BCUT2D eigenvalue weighted by Gasteiger charge is 2.41. The van der Waals surface area contributed by atoms with Crippen molar-refractivity contribution in [2.24, 2.45) is 11.8 Å². The van der Waals surface area contributed by atoms with Gasteiger partial charge in [0.15, 0.2) is 0 Å². The number of allylic oxidation sites excluding steroid dienone is 2. The van der Waals surface area contributed by atoms with Crippen molar-refractivity contribution in [3.63, 3.8) is 0 Å². The Morgan fingerprint density at radius 2 is 1.88 bits per heavy atom. The summed E-state index contributed by atoms with van der Waals surface area (Å²) >= 11 is 5.91. The lowest BCUT2D eigenvalue weighted by Crippen LogP contribution is -2.35. The molecular weight excluding hydrogens is 436 g/mol. The molecule has 0 bridgehead atoms. The molecule has 1 aromatic rings. The number of hydrogen-bond acceptors (Lipinski definition) is 6. The van der Waals surface area contributed by atoms with Gasteiger partial charge in [-0.3, -0.25) is 4.79 Å². The summed E-state index contributed by atoms with van der Waals surface area (Å²) < 4.78 is 17.5. The van der Waals surface area contributed by atoms with Crippen LogP contribution in [0.25, 0.3) is 0 Å². The van der Waals surface area contributed by atoms with Gasteiger partial charge in [0.25, 0.3) is 0 Å². The third kappa shape index (κ3) is 7.05.